The summed E-state index contributed by atoms with van der Waals surface area (Å²) in [6.45, 7) is 1.14. The van der Waals surface area contributed by atoms with Gasteiger partial charge in [0, 0.05) is 6.67 Å². The van der Waals surface area contributed by atoms with Crippen LogP contribution in [0.1, 0.15) is 0 Å². The first-order chi connectivity index (χ1) is 2.79. The molecule has 3 heteroatoms. The van der Waals surface area contributed by atoms with Gasteiger partial charge in [0.15, 0.2) is 0 Å². The molecule has 0 radical (unpaired) electrons. The lowest BCUT2D eigenvalue weighted by Gasteiger charge is -2.35. The van der Waals surface area contributed by atoms with Crippen molar-refractivity contribution in [1.29, 1.82) is 0 Å². The summed E-state index contributed by atoms with van der Waals surface area (Å²) in [5.41, 5.74) is 0. The minimum absolute atomic E-state index is 1.14. The fraction of sp³-hybridized carbons (Fsp3) is 1.00. The molecule has 34 valence electrons. The summed E-state index contributed by atoms with van der Waals surface area (Å²) in [5.74, 6) is 0. The monoisotopic (exact) mass is 84.1 g/mol. The van der Waals surface area contributed by atoms with E-state index in [1.807, 2.05) is 0 Å². The zero-order valence-electron chi connectivity index (χ0n) is 4.31. The first-order valence-electron chi connectivity index (χ1n) is 2.16. The molecule has 0 aromatic heterocycles. The van der Waals surface area contributed by atoms with Crippen molar-refractivity contribution in [3.8, 4) is 0 Å². The van der Waals surface area contributed by atoms with Crippen LogP contribution in [0.15, 0.2) is 0 Å². The third-order valence-electron chi connectivity index (χ3n) is 0.966. The maximum Gasteiger partial charge on any atom is 0.293 e. The van der Waals surface area contributed by atoms with E-state index in [4.69, 9.17) is 0 Å². The average molecular weight is 83.9 g/mol. The van der Waals surface area contributed by atoms with E-state index in [1.54, 1.807) is 0 Å². The van der Waals surface area contributed by atoms with Crippen molar-refractivity contribution in [2.24, 2.45) is 0 Å². The van der Waals surface area contributed by atoms with Crippen molar-refractivity contribution < 1.29 is 0 Å². The Hall–Kier alpha value is -0.0151. The van der Waals surface area contributed by atoms with E-state index in [0.717, 1.165) is 14.2 Å². The molecule has 0 aromatic carbocycles. The zero-order valence-corrected chi connectivity index (χ0v) is 4.31. The van der Waals surface area contributed by atoms with Gasteiger partial charge in [0.25, 0.3) is 7.55 Å². The molecule has 1 saturated heterocycles. The van der Waals surface area contributed by atoms with E-state index in [0.29, 0.717) is 0 Å². The largest absolute Gasteiger partial charge is 0.323 e. The van der Waals surface area contributed by atoms with Gasteiger partial charge < -0.3 is 9.62 Å². The summed E-state index contributed by atoms with van der Waals surface area (Å²) in [4.78, 5) is 4.50. The minimum Gasteiger partial charge on any atom is -0.323 e. The lowest BCUT2D eigenvalue weighted by Crippen LogP contribution is -2.53. The molecule has 0 N–H and O–H groups in total. The fourth-order valence-corrected chi connectivity index (χ4v) is 0.783. The molecule has 0 aliphatic carbocycles. The second-order valence-corrected chi connectivity index (χ2v) is 1.99. The molecule has 0 amide bonds. The van der Waals surface area contributed by atoms with Gasteiger partial charge in [-0.1, -0.05) is 0 Å². The van der Waals surface area contributed by atoms with Gasteiger partial charge in [-0.3, -0.25) is 0 Å². The summed E-state index contributed by atoms with van der Waals surface area (Å²) in [5, 5.41) is 0. The van der Waals surface area contributed by atoms with E-state index in [9.17, 15) is 0 Å². The summed E-state index contributed by atoms with van der Waals surface area (Å²) in [6.07, 6.45) is 0. The Morgan fingerprint density at radius 3 is 1.67 bits per heavy atom. The van der Waals surface area contributed by atoms with Crippen LogP contribution >= 0.6 is 0 Å². The Bertz CT molecular complexity index is 44.8. The van der Waals surface area contributed by atoms with Crippen molar-refractivity contribution in [3.05, 3.63) is 0 Å². The first kappa shape index (κ1) is 4.15. The van der Waals surface area contributed by atoms with Crippen LogP contribution in [-0.2, 0) is 0 Å². The Labute approximate surface area is 39.0 Å². The smallest absolute Gasteiger partial charge is 0.293 e. The number of nitrogens with zero attached hydrogens (tertiary/aromatic N) is 2. The highest BCUT2D eigenvalue weighted by Crippen LogP contribution is 1.94. The molecule has 1 aliphatic rings. The van der Waals surface area contributed by atoms with E-state index in [1.165, 1.54) is 0 Å². The van der Waals surface area contributed by atoms with E-state index >= 15 is 0 Å². The van der Waals surface area contributed by atoms with Gasteiger partial charge in [0.05, 0.1) is 0 Å². The normalized spacial score (nSPS) is 25.7. The Balaban J connectivity index is 2.11. The third kappa shape index (κ3) is 0.557. The molecule has 1 fully saturated rings. The maximum absolute atomic E-state index is 2.25. The summed E-state index contributed by atoms with van der Waals surface area (Å²) < 4.78 is 0. The number of hydrogen-bond donors (Lipinski definition) is 0. The van der Waals surface area contributed by atoms with Gasteiger partial charge in [-0.2, -0.15) is 0 Å². The minimum atomic E-state index is 1.14. The van der Waals surface area contributed by atoms with E-state index in [2.05, 4.69) is 23.7 Å². The second kappa shape index (κ2) is 1.24. The molecular weight excluding hydrogens is 74.9 g/mol. The van der Waals surface area contributed by atoms with Crippen LogP contribution in [0.2, 0.25) is 0 Å². The van der Waals surface area contributed by atoms with Crippen molar-refractivity contribution in [2.75, 3.05) is 20.8 Å². The third-order valence-corrected chi connectivity index (χ3v) is 0.966. The van der Waals surface area contributed by atoms with Crippen LogP contribution in [0.3, 0.4) is 0 Å². The molecule has 1 aliphatic heterocycles. The van der Waals surface area contributed by atoms with Crippen molar-refractivity contribution in [3.63, 3.8) is 0 Å². The van der Waals surface area contributed by atoms with Crippen LogP contribution in [0, 0.1) is 0 Å². The molecule has 1 rings (SSSR count). The van der Waals surface area contributed by atoms with E-state index in [-0.39, 0.29) is 0 Å². The highest BCUT2D eigenvalue weighted by molar-refractivity contribution is 6.31. The van der Waals surface area contributed by atoms with Gasteiger partial charge >= 0.3 is 0 Å². The lowest BCUT2D eigenvalue weighted by molar-refractivity contribution is 0.269. The molecule has 1 heterocycles. The molecular formula is C3H9BN2. The number of hydrogen-bond acceptors (Lipinski definition) is 2. The van der Waals surface area contributed by atoms with Gasteiger partial charge in [-0.25, -0.2) is 0 Å². The van der Waals surface area contributed by atoms with Crippen LogP contribution in [0.25, 0.3) is 0 Å². The van der Waals surface area contributed by atoms with Gasteiger partial charge in [-0.15, -0.1) is 0 Å². The van der Waals surface area contributed by atoms with E-state index < -0.39 is 0 Å². The van der Waals surface area contributed by atoms with Crippen LogP contribution < -0.4 is 0 Å². The second-order valence-electron chi connectivity index (χ2n) is 1.99. The topological polar surface area (TPSA) is 6.48 Å². The van der Waals surface area contributed by atoms with Crippen molar-refractivity contribution in [1.82, 2.24) is 9.62 Å². The van der Waals surface area contributed by atoms with Crippen molar-refractivity contribution in [2.45, 2.75) is 0 Å². The van der Waals surface area contributed by atoms with Crippen LogP contribution in [0.5, 0.6) is 0 Å². The van der Waals surface area contributed by atoms with Gasteiger partial charge in [0.1, 0.15) is 0 Å². The lowest BCUT2D eigenvalue weighted by atomic mass is 10.0. The molecule has 0 bridgehead atoms. The molecule has 0 atom stereocenters. The van der Waals surface area contributed by atoms with Gasteiger partial charge in [0.2, 0.25) is 0 Å². The van der Waals surface area contributed by atoms with Crippen LogP contribution in [-0.4, -0.2) is 37.9 Å². The SMILES string of the molecule is CN1BN(C)C1. The molecule has 0 aromatic rings. The van der Waals surface area contributed by atoms with Gasteiger partial charge in [-0.05, 0) is 14.1 Å². The Morgan fingerprint density at radius 1 is 1.33 bits per heavy atom. The molecule has 0 spiro atoms. The highest BCUT2D eigenvalue weighted by atomic mass is 15.3. The number of rotatable bonds is 0. The molecule has 0 saturated carbocycles. The standard InChI is InChI=1S/C3H9BN2/c1-5-3-6(2)4-5/h4H,3H2,1-2H3. The quantitative estimate of drug-likeness (QED) is 0.350. The first-order valence-corrected chi connectivity index (χ1v) is 2.16. The summed E-state index contributed by atoms with van der Waals surface area (Å²) in [6, 6.07) is 0. The Kier molecular flexibility index (Phi) is 0.859. The Morgan fingerprint density at radius 2 is 1.67 bits per heavy atom. The predicted molar refractivity (Wildman–Crippen MR) is 27.5 cm³/mol. The molecule has 2 nitrogen and oxygen atoms in total. The highest BCUT2D eigenvalue weighted by Gasteiger charge is 2.16. The average Bonchev–Trinajstić information content (AvgIpc) is 1.33. The maximum atomic E-state index is 2.25. The molecule has 6 heavy (non-hydrogen) atoms. The summed E-state index contributed by atoms with van der Waals surface area (Å²) >= 11 is 0. The predicted octanol–water partition coefficient (Wildman–Crippen LogP) is -0.912. The van der Waals surface area contributed by atoms with Crippen molar-refractivity contribution >= 4 is 7.55 Å². The fourth-order valence-electron chi connectivity index (χ4n) is 0.783. The summed E-state index contributed by atoms with van der Waals surface area (Å²) in [7, 11) is 5.36. The molecule has 0 unspecified atom stereocenters. The zero-order chi connectivity index (χ0) is 4.57. The van der Waals surface area contributed by atoms with Crippen LogP contribution in [0.4, 0.5) is 0 Å².